The number of aliphatic imine (C=N–C) groups is 1. The maximum absolute atomic E-state index is 4.70. The van der Waals surface area contributed by atoms with Gasteiger partial charge in [0.25, 0.3) is 0 Å². The van der Waals surface area contributed by atoms with Gasteiger partial charge in [0, 0.05) is 23.1 Å². The Bertz CT molecular complexity index is 373. The molecular weight excluding hydrogens is 248 g/mol. The molecule has 1 aliphatic heterocycles. The molecule has 0 saturated heterocycles. The molecule has 1 aliphatic rings. The lowest BCUT2D eigenvalue weighted by Gasteiger charge is -2.25. The van der Waals surface area contributed by atoms with Crippen LogP contribution in [-0.4, -0.2) is 23.0 Å². The SMILES string of the molecule is CC(Cc1cccs1)NC1=NC(C)C(C)CS1. The number of thioether (sulfide) groups is 1. The third-order valence-electron chi connectivity index (χ3n) is 3.08. The van der Waals surface area contributed by atoms with Gasteiger partial charge in [-0.05, 0) is 31.2 Å². The molecule has 3 atom stereocenters. The Hall–Kier alpha value is -0.480. The highest BCUT2D eigenvalue weighted by atomic mass is 32.2. The van der Waals surface area contributed by atoms with Crippen molar-refractivity contribution < 1.29 is 0 Å². The molecule has 0 amide bonds. The molecule has 0 aromatic carbocycles. The fourth-order valence-electron chi connectivity index (χ4n) is 1.77. The first-order valence-electron chi connectivity index (χ1n) is 6.14. The number of hydrogen-bond acceptors (Lipinski definition) is 4. The van der Waals surface area contributed by atoms with Crippen LogP contribution < -0.4 is 5.32 Å². The number of amidine groups is 1. The fourth-order valence-corrected chi connectivity index (χ4v) is 3.83. The van der Waals surface area contributed by atoms with Crippen molar-refractivity contribution in [1.82, 2.24) is 5.32 Å². The van der Waals surface area contributed by atoms with Gasteiger partial charge in [-0.3, -0.25) is 4.99 Å². The minimum Gasteiger partial charge on any atom is -0.362 e. The molecule has 1 N–H and O–H groups in total. The van der Waals surface area contributed by atoms with Gasteiger partial charge in [0.05, 0.1) is 6.04 Å². The van der Waals surface area contributed by atoms with E-state index in [-0.39, 0.29) is 0 Å². The third kappa shape index (κ3) is 3.75. The molecule has 0 bridgehead atoms. The highest BCUT2D eigenvalue weighted by molar-refractivity contribution is 8.13. The fraction of sp³-hybridized carbons (Fsp3) is 0.615. The smallest absolute Gasteiger partial charge is 0.157 e. The topological polar surface area (TPSA) is 24.4 Å². The van der Waals surface area contributed by atoms with E-state index >= 15 is 0 Å². The van der Waals surface area contributed by atoms with Crippen LogP contribution in [0.5, 0.6) is 0 Å². The Morgan fingerprint density at radius 2 is 2.35 bits per heavy atom. The number of hydrogen-bond donors (Lipinski definition) is 1. The molecule has 0 aliphatic carbocycles. The van der Waals surface area contributed by atoms with Crippen molar-refractivity contribution in [2.24, 2.45) is 10.9 Å². The normalized spacial score (nSPS) is 26.4. The lowest BCUT2D eigenvalue weighted by Crippen LogP contribution is -2.36. The van der Waals surface area contributed by atoms with E-state index in [0.717, 1.165) is 11.6 Å². The highest BCUT2D eigenvalue weighted by Gasteiger charge is 2.20. The molecule has 2 heterocycles. The monoisotopic (exact) mass is 268 g/mol. The summed E-state index contributed by atoms with van der Waals surface area (Å²) in [5, 5.41) is 6.79. The molecular formula is C13H20N2S2. The third-order valence-corrected chi connectivity index (χ3v) is 5.17. The van der Waals surface area contributed by atoms with Crippen LogP contribution >= 0.6 is 23.1 Å². The van der Waals surface area contributed by atoms with Crippen LogP contribution in [0.2, 0.25) is 0 Å². The van der Waals surface area contributed by atoms with Crippen LogP contribution in [0, 0.1) is 5.92 Å². The Balaban J connectivity index is 1.86. The van der Waals surface area contributed by atoms with Crippen LogP contribution in [0.1, 0.15) is 25.6 Å². The molecule has 1 aromatic rings. The first-order valence-corrected chi connectivity index (χ1v) is 8.01. The molecule has 2 rings (SSSR count). The van der Waals surface area contributed by atoms with Gasteiger partial charge in [-0.2, -0.15) is 0 Å². The van der Waals surface area contributed by atoms with E-state index in [1.165, 1.54) is 10.6 Å². The molecule has 2 nitrogen and oxygen atoms in total. The number of nitrogens with one attached hydrogen (secondary N) is 1. The summed E-state index contributed by atoms with van der Waals surface area (Å²) >= 11 is 3.69. The second kappa shape index (κ2) is 5.91. The lowest BCUT2D eigenvalue weighted by atomic mass is 10.1. The predicted octanol–water partition coefficient (Wildman–Crippen LogP) is 3.40. The predicted molar refractivity (Wildman–Crippen MR) is 79.1 cm³/mol. The quantitative estimate of drug-likeness (QED) is 0.908. The van der Waals surface area contributed by atoms with Crippen molar-refractivity contribution in [2.45, 2.75) is 39.3 Å². The molecule has 3 unspecified atom stereocenters. The summed E-state index contributed by atoms with van der Waals surface area (Å²) < 4.78 is 0. The van der Waals surface area contributed by atoms with Crippen molar-refractivity contribution in [2.75, 3.05) is 5.75 Å². The Morgan fingerprint density at radius 3 is 3.00 bits per heavy atom. The van der Waals surface area contributed by atoms with Crippen LogP contribution in [0.15, 0.2) is 22.5 Å². The van der Waals surface area contributed by atoms with Gasteiger partial charge >= 0.3 is 0 Å². The van der Waals surface area contributed by atoms with Crippen molar-refractivity contribution in [3.8, 4) is 0 Å². The second-order valence-corrected chi connectivity index (χ2v) is 6.83. The molecule has 17 heavy (non-hydrogen) atoms. The zero-order valence-electron chi connectivity index (χ0n) is 10.6. The van der Waals surface area contributed by atoms with E-state index in [1.807, 2.05) is 23.1 Å². The molecule has 0 radical (unpaired) electrons. The number of rotatable bonds is 3. The number of thiophene rings is 1. The van der Waals surface area contributed by atoms with Crippen molar-refractivity contribution in [3.63, 3.8) is 0 Å². The molecule has 1 aromatic heterocycles. The van der Waals surface area contributed by atoms with Crippen LogP contribution in [0.25, 0.3) is 0 Å². The maximum atomic E-state index is 4.70. The van der Waals surface area contributed by atoms with Gasteiger partial charge in [-0.1, -0.05) is 24.8 Å². The summed E-state index contributed by atoms with van der Waals surface area (Å²) in [4.78, 5) is 6.14. The lowest BCUT2D eigenvalue weighted by molar-refractivity contribution is 0.531. The van der Waals surface area contributed by atoms with Gasteiger partial charge < -0.3 is 5.32 Å². The largest absolute Gasteiger partial charge is 0.362 e. The highest BCUT2D eigenvalue weighted by Crippen LogP contribution is 2.22. The molecule has 0 fully saturated rings. The van der Waals surface area contributed by atoms with Gasteiger partial charge in [-0.25, -0.2) is 0 Å². The zero-order valence-corrected chi connectivity index (χ0v) is 12.3. The van der Waals surface area contributed by atoms with Crippen molar-refractivity contribution in [1.29, 1.82) is 0 Å². The average molecular weight is 268 g/mol. The number of nitrogens with zero attached hydrogens (tertiary/aromatic N) is 1. The minimum atomic E-state index is 0.452. The van der Waals surface area contributed by atoms with Gasteiger partial charge in [0.1, 0.15) is 0 Å². The van der Waals surface area contributed by atoms with Crippen LogP contribution in [0.4, 0.5) is 0 Å². The van der Waals surface area contributed by atoms with E-state index in [4.69, 9.17) is 4.99 Å². The van der Waals surface area contributed by atoms with Gasteiger partial charge in [0.2, 0.25) is 0 Å². The van der Waals surface area contributed by atoms with Crippen LogP contribution in [-0.2, 0) is 6.42 Å². The summed E-state index contributed by atoms with van der Waals surface area (Å²) in [6.45, 7) is 6.70. The van der Waals surface area contributed by atoms with E-state index in [9.17, 15) is 0 Å². The summed E-state index contributed by atoms with van der Waals surface area (Å²) in [5.74, 6) is 1.87. The summed E-state index contributed by atoms with van der Waals surface area (Å²) in [7, 11) is 0. The van der Waals surface area contributed by atoms with Crippen molar-refractivity contribution >= 4 is 28.3 Å². The maximum Gasteiger partial charge on any atom is 0.157 e. The first kappa shape index (κ1) is 13.0. The summed E-state index contributed by atoms with van der Waals surface area (Å²) in [6.07, 6.45) is 1.08. The second-order valence-electron chi connectivity index (χ2n) is 4.79. The molecule has 4 heteroatoms. The van der Waals surface area contributed by atoms with E-state index in [1.54, 1.807) is 0 Å². The Morgan fingerprint density at radius 1 is 1.53 bits per heavy atom. The Kier molecular flexibility index (Phi) is 4.51. The standard InChI is InChI=1S/C13H20N2S2/c1-9-8-17-13(15-11(9)3)14-10(2)7-12-5-4-6-16-12/h4-6,9-11H,7-8H2,1-3H3,(H,14,15). The molecule has 0 saturated carbocycles. The van der Waals surface area contributed by atoms with Gasteiger partial charge in [-0.15, -0.1) is 11.3 Å². The Labute approximate surface area is 112 Å². The summed E-state index contributed by atoms with van der Waals surface area (Å²) in [5.41, 5.74) is 0. The van der Waals surface area contributed by atoms with Gasteiger partial charge in [0.15, 0.2) is 5.17 Å². The summed E-state index contributed by atoms with van der Waals surface area (Å²) in [6, 6.07) is 5.22. The molecule has 94 valence electrons. The van der Waals surface area contributed by atoms with Crippen LogP contribution in [0.3, 0.4) is 0 Å². The van der Waals surface area contributed by atoms with E-state index in [0.29, 0.717) is 18.0 Å². The average Bonchev–Trinajstić information content (AvgIpc) is 2.76. The first-order chi connectivity index (χ1) is 8.15. The molecule has 0 spiro atoms. The van der Waals surface area contributed by atoms with Crippen molar-refractivity contribution in [3.05, 3.63) is 22.4 Å². The van der Waals surface area contributed by atoms with E-state index < -0.39 is 0 Å². The zero-order chi connectivity index (χ0) is 12.3. The van der Waals surface area contributed by atoms with E-state index in [2.05, 4.69) is 43.6 Å². The minimum absolute atomic E-state index is 0.452.